The van der Waals surface area contributed by atoms with Crippen molar-refractivity contribution in [1.29, 1.82) is 0 Å². The molecular formula is C14H12N2O4S. The van der Waals surface area contributed by atoms with Crippen molar-refractivity contribution in [2.24, 2.45) is 5.92 Å². The van der Waals surface area contributed by atoms with Crippen LogP contribution in [0.1, 0.15) is 16.8 Å². The van der Waals surface area contributed by atoms with E-state index in [4.69, 9.17) is 5.11 Å². The maximum absolute atomic E-state index is 12.7. The number of aromatic nitrogens is 1. The number of Topliss-reactive ketones (excluding diaryl/α,β-unsaturated/α-hetero) is 1. The lowest BCUT2D eigenvalue weighted by Gasteiger charge is -2.12. The summed E-state index contributed by atoms with van der Waals surface area (Å²) in [7, 11) is 0. The molecule has 1 amide bonds. The second kappa shape index (κ2) is 5.33. The van der Waals surface area contributed by atoms with E-state index in [0.29, 0.717) is 22.7 Å². The quantitative estimate of drug-likeness (QED) is 0.840. The summed E-state index contributed by atoms with van der Waals surface area (Å²) in [5.74, 6) is -1.81. The van der Waals surface area contributed by atoms with Crippen LogP contribution in [0.15, 0.2) is 35.1 Å². The summed E-state index contributed by atoms with van der Waals surface area (Å²) in [6.45, 7) is 0.530. The lowest BCUT2D eigenvalue weighted by Crippen LogP contribution is -2.29. The van der Waals surface area contributed by atoms with Crippen LogP contribution in [-0.4, -0.2) is 44.9 Å². The highest BCUT2D eigenvalue weighted by Gasteiger charge is 2.45. The number of ketones is 1. The van der Waals surface area contributed by atoms with Gasteiger partial charge in [-0.1, -0.05) is 0 Å². The fourth-order valence-electron chi connectivity index (χ4n) is 2.59. The van der Waals surface area contributed by atoms with Gasteiger partial charge in [-0.2, -0.15) is 0 Å². The molecule has 1 aromatic heterocycles. The molecule has 0 unspecified atom stereocenters. The second-order valence-electron chi connectivity index (χ2n) is 4.77. The Morgan fingerprint density at radius 2 is 2.10 bits per heavy atom. The molecule has 1 N–H and O–H groups in total. The number of fused-ring (bicyclic) bond motifs is 1. The molecule has 0 bridgehead atoms. The van der Waals surface area contributed by atoms with Crippen molar-refractivity contribution in [3.05, 3.63) is 40.7 Å². The zero-order valence-electron chi connectivity index (χ0n) is 11.0. The Labute approximate surface area is 124 Å². The highest BCUT2D eigenvalue weighted by Crippen LogP contribution is 2.43. The molecule has 7 heteroatoms. The first-order valence-electron chi connectivity index (χ1n) is 6.44. The molecule has 2 aliphatic heterocycles. The fourth-order valence-corrected chi connectivity index (χ4v) is 3.78. The normalized spacial score (nSPS) is 20.9. The Morgan fingerprint density at radius 3 is 2.76 bits per heavy atom. The average Bonchev–Trinajstić information content (AvgIpc) is 3.03. The number of nitrogens with zero attached hydrogens (tertiary/aromatic N) is 2. The van der Waals surface area contributed by atoms with Gasteiger partial charge in [0, 0.05) is 35.8 Å². The van der Waals surface area contributed by atoms with E-state index in [1.165, 1.54) is 29.1 Å². The Kier molecular flexibility index (Phi) is 3.50. The van der Waals surface area contributed by atoms with E-state index >= 15 is 0 Å². The number of thioether (sulfide) groups is 1. The van der Waals surface area contributed by atoms with Crippen LogP contribution in [0.3, 0.4) is 0 Å². The Hall–Kier alpha value is -2.15. The van der Waals surface area contributed by atoms with Gasteiger partial charge in [-0.15, -0.1) is 11.8 Å². The van der Waals surface area contributed by atoms with E-state index in [0.717, 1.165) is 5.75 Å². The van der Waals surface area contributed by atoms with E-state index in [2.05, 4.69) is 4.98 Å². The summed E-state index contributed by atoms with van der Waals surface area (Å²) in [5, 5.41) is 9.62. The van der Waals surface area contributed by atoms with Crippen LogP contribution < -0.4 is 0 Å². The third kappa shape index (κ3) is 2.33. The number of aliphatic carboxylic acids is 1. The molecule has 3 heterocycles. The van der Waals surface area contributed by atoms with Crippen molar-refractivity contribution in [2.45, 2.75) is 6.42 Å². The molecule has 108 valence electrons. The van der Waals surface area contributed by atoms with Crippen LogP contribution >= 0.6 is 11.8 Å². The standard InChI is InChI=1S/C14H12N2O4S/c17-10(18)7-9-11(12(19)8-1-3-15-4-2-8)14-16(13(9)20)5-6-21-14/h1-4,9H,5-7H2,(H,17,18)/t9-/m1/s1. The molecule has 0 saturated carbocycles. The van der Waals surface area contributed by atoms with Crippen LogP contribution in [0, 0.1) is 5.92 Å². The number of carbonyl (C=O) groups excluding carboxylic acids is 2. The summed E-state index contributed by atoms with van der Waals surface area (Å²) in [4.78, 5) is 41.4. The predicted octanol–water partition coefficient (Wildman–Crippen LogP) is 1.16. The molecule has 6 nitrogen and oxygen atoms in total. The molecular weight excluding hydrogens is 292 g/mol. The highest BCUT2D eigenvalue weighted by molar-refractivity contribution is 8.03. The van der Waals surface area contributed by atoms with Crippen molar-refractivity contribution in [2.75, 3.05) is 12.3 Å². The summed E-state index contributed by atoms with van der Waals surface area (Å²) in [5.41, 5.74) is 0.737. The first kappa shape index (κ1) is 13.8. The Bertz CT molecular complexity index is 656. The summed E-state index contributed by atoms with van der Waals surface area (Å²) in [6.07, 6.45) is 2.65. The van der Waals surface area contributed by atoms with Gasteiger partial charge in [-0.05, 0) is 12.1 Å². The summed E-state index contributed by atoms with van der Waals surface area (Å²) in [6, 6.07) is 3.14. The van der Waals surface area contributed by atoms with Crippen LogP contribution in [0.5, 0.6) is 0 Å². The topological polar surface area (TPSA) is 87.6 Å². The number of carbonyl (C=O) groups is 3. The van der Waals surface area contributed by atoms with Gasteiger partial charge in [-0.25, -0.2) is 0 Å². The van der Waals surface area contributed by atoms with Crippen LogP contribution in [-0.2, 0) is 9.59 Å². The maximum Gasteiger partial charge on any atom is 0.304 e. The smallest absolute Gasteiger partial charge is 0.304 e. The van der Waals surface area contributed by atoms with Crippen molar-refractivity contribution in [3.63, 3.8) is 0 Å². The first-order valence-corrected chi connectivity index (χ1v) is 7.43. The molecule has 21 heavy (non-hydrogen) atoms. The van der Waals surface area contributed by atoms with Crippen molar-refractivity contribution < 1.29 is 19.5 Å². The first-order chi connectivity index (χ1) is 10.1. The number of rotatable bonds is 4. The molecule has 0 aromatic carbocycles. The molecule has 2 aliphatic rings. The molecule has 3 rings (SSSR count). The Morgan fingerprint density at radius 1 is 1.38 bits per heavy atom. The highest BCUT2D eigenvalue weighted by atomic mass is 32.2. The number of pyridine rings is 1. The zero-order valence-corrected chi connectivity index (χ0v) is 11.8. The van der Waals surface area contributed by atoms with Gasteiger partial charge in [0.2, 0.25) is 5.91 Å². The van der Waals surface area contributed by atoms with Gasteiger partial charge < -0.3 is 10.0 Å². The van der Waals surface area contributed by atoms with Crippen LogP contribution in [0.25, 0.3) is 0 Å². The van der Waals surface area contributed by atoms with E-state index in [-0.39, 0.29) is 18.1 Å². The molecule has 0 aliphatic carbocycles. The van der Waals surface area contributed by atoms with E-state index < -0.39 is 11.9 Å². The minimum atomic E-state index is -1.08. The molecule has 1 saturated heterocycles. The number of hydrogen-bond donors (Lipinski definition) is 1. The van der Waals surface area contributed by atoms with E-state index in [1.54, 1.807) is 12.1 Å². The van der Waals surface area contributed by atoms with Gasteiger partial charge in [0.05, 0.1) is 17.4 Å². The number of carboxylic acids is 1. The Balaban J connectivity index is 2.03. The third-order valence-corrected chi connectivity index (χ3v) is 4.61. The van der Waals surface area contributed by atoms with Crippen LogP contribution in [0.2, 0.25) is 0 Å². The SMILES string of the molecule is O=C(O)C[C@H]1C(=O)N2CCSC2=C1C(=O)c1ccncc1. The van der Waals surface area contributed by atoms with Gasteiger partial charge >= 0.3 is 5.97 Å². The zero-order chi connectivity index (χ0) is 15.0. The lowest BCUT2D eigenvalue weighted by molar-refractivity contribution is -0.141. The van der Waals surface area contributed by atoms with E-state index in [1.807, 2.05) is 0 Å². The number of amides is 1. The lowest BCUT2D eigenvalue weighted by atomic mass is 9.92. The summed E-state index contributed by atoms with van der Waals surface area (Å²) >= 11 is 1.43. The number of hydrogen-bond acceptors (Lipinski definition) is 5. The van der Waals surface area contributed by atoms with Crippen LogP contribution in [0.4, 0.5) is 0 Å². The summed E-state index contributed by atoms with van der Waals surface area (Å²) < 4.78 is 0. The molecule has 1 atom stereocenters. The maximum atomic E-state index is 12.7. The van der Waals surface area contributed by atoms with Crippen molar-refractivity contribution in [3.8, 4) is 0 Å². The van der Waals surface area contributed by atoms with Crippen molar-refractivity contribution in [1.82, 2.24) is 9.88 Å². The average molecular weight is 304 g/mol. The minimum Gasteiger partial charge on any atom is -0.481 e. The third-order valence-electron chi connectivity index (χ3n) is 3.51. The van der Waals surface area contributed by atoms with E-state index in [9.17, 15) is 14.4 Å². The number of carboxylic acid groups (broad SMARTS) is 1. The fraction of sp³-hybridized carbons (Fsp3) is 0.286. The van der Waals surface area contributed by atoms with Gasteiger partial charge in [0.15, 0.2) is 5.78 Å². The minimum absolute atomic E-state index is 0.283. The molecule has 0 radical (unpaired) electrons. The largest absolute Gasteiger partial charge is 0.481 e. The predicted molar refractivity (Wildman–Crippen MR) is 75.5 cm³/mol. The monoisotopic (exact) mass is 304 g/mol. The second-order valence-corrected chi connectivity index (χ2v) is 5.86. The van der Waals surface area contributed by atoms with Gasteiger partial charge in [0.1, 0.15) is 0 Å². The molecule has 1 aromatic rings. The molecule has 0 spiro atoms. The van der Waals surface area contributed by atoms with Gasteiger partial charge in [0.25, 0.3) is 0 Å². The molecule has 1 fully saturated rings. The van der Waals surface area contributed by atoms with Crippen molar-refractivity contribution >= 4 is 29.4 Å². The van der Waals surface area contributed by atoms with Gasteiger partial charge in [-0.3, -0.25) is 19.4 Å².